The largest absolute Gasteiger partial charge is 0.370 e. The minimum Gasteiger partial charge on any atom is -0.370 e. The number of aromatic amines is 1. The Morgan fingerprint density at radius 1 is 1.48 bits per heavy atom. The summed E-state index contributed by atoms with van der Waals surface area (Å²) in [7, 11) is 0. The Labute approximate surface area is 138 Å². The highest BCUT2D eigenvalue weighted by molar-refractivity contribution is 6.31. The lowest BCUT2D eigenvalue weighted by atomic mass is 10.2. The number of fused-ring (bicyclic) bond motifs is 1. The fourth-order valence-electron chi connectivity index (χ4n) is 2.38. The zero-order valence-electron chi connectivity index (χ0n) is 12.5. The number of anilines is 2. The van der Waals surface area contributed by atoms with Gasteiger partial charge >= 0.3 is 0 Å². The molecule has 8 nitrogen and oxygen atoms in total. The lowest BCUT2D eigenvalue weighted by Crippen LogP contribution is -2.41. The van der Waals surface area contributed by atoms with Gasteiger partial charge in [0.1, 0.15) is 5.69 Å². The molecule has 0 amide bonds. The van der Waals surface area contributed by atoms with Gasteiger partial charge in [-0.1, -0.05) is 17.7 Å². The van der Waals surface area contributed by atoms with Gasteiger partial charge in [-0.15, -0.1) is 0 Å². The molecule has 0 bridgehead atoms. The van der Waals surface area contributed by atoms with Crippen LogP contribution in [0.25, 0.3) is 0 Å². The van der Waals surface area contributed by atoms with Crippen LogP contribution in [0.5, 0.6) is 0 Å². The maximum atomic E-state index is 6.02. The Bertz CT molecular complexity index is 762. The van der Waals surface area contributed by atoms with Crippen molar-refractivity contribution in [2.75, 3.05) is 16.8 Å². The number of halogens is 1. The third kappa shape index (κ3) is 3.07. The number of nitrogens with two attached hydrogens (primary N) is 2. The molecule has 23 heavy (non-hydrogen) atoms. The van der Waals surface area contributed by atoms with Crippen molar-refractivity contribution >= 4 is 34.9 Å². The van der Waals surface area contributed by atoms with Crippen molar-refractivity contribution in [1.82, 2.24) is 9.97 Å². The van der Waals surface area contributed by atoms with Crippen LogP contribution in [0.2, 0.25) is 5.02 Å². The normalized spacial score (nSPS) is 16.5. The minimum atomic E-state index is -0.567. The van der Waals surface area contributed by atoms with Crippen LogP contribution in [0.4, 0.5) is 11.5 Å². The van der Waals surface area contributed by atoms with E-state index in [-0.39, 0.29) is 5.96 Å². The van der Waals surface area contributed by atoms with E-state index in [1.54, 1.807) is 12.4 Å². The lowest BCUT2D eigenvalue weighted by Gasteiger charge is -2.30. The van der Waals surface area contributed by atoms with E-state index in [1.165, 1.54) is 0 Å². The molecule has 2 aromatic rings. The van der Waals surface area contributed by atoms with Gasteiger partial charge in [0, 0.05) is 17.3 Å². The van der Waals surface area contributed by atoms with Crippen molar-refractivity contribution in [2.24, 2.45) is 21.5 Å². The maximum absolute atomic E-state index is 6.02. The average Bonchev–Trinajstić information content (AvgIpc) is 2.96. The van der Waals surface area contributed by atoms with E-state index in [1.807, 2.05) is 30.0 Å². The third-order valence-electron chi connectivity index (χ3n) is 3.34. The summed E-state index contributed by atoms with van der Waals surface area (Å²) in [5.74, 6) is 1.31. The van der Waals surface area contributed by atoms with Gasteiger partial charge in [0.15, 0.2) is 17.6 Å². The number of hydrogen-bond donors (Lipinski definition) is 4. The standard InChI is InChI=1S/C14H17ClN8/c1-2-23-12-10(18-7-19-12)11(21-14(23)22-13(16)17)20-9-5-3-4-8(15)6-9/h3-7,14H,2H2,1H3,(H,18,19)(H,20,21)(H4,16,17,22). The number of aromatic nitrogens is 2. The molecule has 2 heterocycles. The van der Waals surface area contributed by atoms with Crippen molar-refractivity contribution in [3.8, 4) is 0 Å². The summed E-state index contributed by atoms with van der Waals surface area (Å²) in [6, 6.07) is 7.36. The summed E-state index contributed by atoms with van der Waals surface area (Å²) in [6.45, 7) is 2.64. The third-order valence-corrected chi connectivity index (χ3v) is 3.58. The number of amidine groups is 1. The molecule has 0 spiro atoms. The van der Waals surface area contributed by atoms with Crippen LogP contribution in [-0.2, 0) is 0 Å². The highest BCUT2D eigenvalue weighted by atomic mass is 35.5. The SMILES string of the molecule is CCN1c2nc[nH]c2C(Nc2cccc(Cl)c2)=NC1N=C(N)N. The summed E-state index contributed by atoms with van der Waals surface area (Å²) in [6.07, 6.45) is 1.04. The predicted octanol–water partition coefficient (Wildman–Crippen LogP) is 1.32. The number of nitrogens with one attached hydrogen (secondary N) is 2. The monoisotopic (exact) mass is 332 g/mol. The van der Waals surface area contributed by atoms with E-state index in [0.717, 1.165) is 17.2 Å². The zero-order chi connectivity index (χ0) is 16.4. The highest BCUT2D eigenvalue weighted by Gasteiger charge is 2.29. The van der Waals surface area contributed by atoms with Crippen LogP contribution in [0.1, 0.15) is 12.6 Å². The zero-order valence-corrected chi connectivity index (χ0v) is 13.2. The molecule has 3 rings (SSSR count). The van der Waals surface area contributed by atoms with E-state index in [2.05, 4.69) is 25.3 Å². The summed E-state index contributed by atoms with van der Waals surface area (Å²) < 4.78 is 0. The molecule has 6 N–H and O–H groups in total. The van der Waals surface area contributed by atoms with Gasteiger partial charge in [0.2, 0.25) is 6.29 Å². The topological polar surface area (TPSA) is 121 Å². The Hall–Kier alpha value is -2.74. The first-order chi connectivity index (χ1) is 11.1. The number of aliphatic imine (C=N–C) groups is 2. The quantitative estimate of drug-likeness (QED) is 0.499. The van der Waals surface area contributed by atoms with Crippen LogP contribution < -0.4 is 21.7 Å². The van der Waals surface area contributed by atoms with Gasteiger partial charge in [0.05, 0.1) is 6.33 Å². The number of benzene rings is 1. The van der Waals surface area contributed by atoms with Crippen LogP contribution in [0, 0.1) is 0 Å². The second kappa shape index (κ2) is 6.17. The number of guanidine groups is 1. The number of hydrogen-bond acceptors (Lipinski definition) is 5. The van der Waals surface area contributed by atoms with Gasteiger partial charge in [-0.05, 0) is 25.1 Å². The highest BCUT2D eigenvalue weighted by Crippen LogP contribution is 2.26. The number of nitrogens with zero attached hydrogens (tertiary/aromatic N) is 4. The van der Waals surface area contributed by atoms with Gasteiger partial charge in [-0.25, -0.2) is 15.0 Å². The first-order valence-electron chi connectivity index (χ1n) is 7.08. The minimum absolute atomic E-state index is 0.0294. The molecule has 9 heteroatoms. The van der Waals surface area contributed by atoms with Crippen molar-refractivity contribution in [3.63, 3.8) is 0 Å². The molecule has 1 aromatic carbocycles. The van der Waals surface area contributed by atoms with Gasteiger partial charge in [-0.2, -0.15) is 0 Å². The van der Waals surface area contributed by atoms with Crippen LogP contribution in [-0.4, -0.2) is 34.6 Å². The summed E-state index contributed by atoms with van der Waals surface area (Å²) >= 11 is 6.02. The van der Waals surface area contributed by atoms with E-state index in [9.17, 15) is 0 Å². The van der Waals surface area contributed by atoms with E-state index < -0.39 is 6.29 Å². The number of rotatable bonds is 3. The van der Waals surface area contributed by atoms with Gasteiger partial charge < -0.3 is 26.7 Å². The van der Waals surface area contributed by atoms with Crippen molar-refractivity contribution in [1.29, 1.82) is 0 Å². The Morgan fingerprint density at radius 2 is 2.30 bits per heavy atom. The second-order valence-corrected chi connectivity index (χ2v) is 5.34. The fourth-order valence-corrected chi connectivity index (χ4v) is 2.57. The Kier molecular flexibility index (Phi) is 4.07. The van der Waals surface area contributed by atoms with Crippen molar-refractivity contribution < 1.29 is 0 Å². The van der Waals surface area contributed by atoms with Crippen LogP contribution in [0.3, 0.4) is 0 Å². The number of imidazole rings is 1. The Morgan fingerprint density at radius 3 is 3.00 bits per heavy atom. The van der Waals surface area contributed by atoms with E-state index >= 15 is 0 Å². The summed E-state index contributed by atoms with van der Waals surface area (Å²) in [5, 5.41) is 3.86. The average molecular weight is 333 g/mol. The molecular weight excluding hydrogens is 316 g/mol. The molecule has 0 aliphatic carbocycles. The first-order valence-corrected chi connectivity index (χ1v) is 7.45. The molecule has 1 aromatic heterocycles. The molecule has 120 valence electrons. The fraction of sp³-hybridized carbons (Fsp3) is 0.214. The molecule has 0 radical (unpaired) electrons. The van der Waals surface area contributed by atoms with Crippen LogP contribution >= 0.6 is 11.6 Å². The van der Waals surface area contributed by atoms with Crippen LogP contribution in [0.15, 0.2) is 40.6 Å². The molecule has 1 aliphatic rings. The van der Waals surface area contributed by atoms with Gasteiger partial charge in [-0.3, -0.25) is 0 Å². The van der Waals surface area contributed by atoms with E-state index in [4.69, 9.17) is 23.1 Å². The summed E-state index contributed by atoms with van der Waals surface area (Å²) in [4.78, 5) is 18.1. The smallest absolute Gasteiger partial charge is 0.223 e. The molecule has 1 atom stereocenters. The first kappa shape index (κ1) is 15.2. The summed E-state index contributed by atoms with van der Waals surface area (Å²) in [5.41, 5.74) is 12.6. The second-order valence-electron chi connectivity index (χ2n) is 4.90. The molecule has 1 unspecified atom stereocenters. The lowest BCUT2D eigenvalue weighted by molar-refractivity contribution is 0.637. The molecule has 0 fully saturated rings. The maximum Gasteiger partial charge on any atom is 0.223 e. The van der Waals surface area contributed by atoms with Gasteiger partial charge in [0.25, 0.3) is 0 Å². The predicted molar refractivity (Wildman–Crippen MR) is 92.8 cm³/mol. The molecule has 0 saturated carbocycles. The Balaban J connectivity index is 2.00. The molecule has 1 aliphatic heterocycles. The van der Waals surface area contributed by atoms with E-state index in [0.29, 0.717) is 17.4 Å². The molecular formula is C14H17ClN8. The number of H-pyrrole nitrogens is 1. The van der Waals surface area contributed by atoms with Crippen molar-refractivity contribution in [2.45, 2.75) is 13.2 Å². The van der Waals surface area contributed by atoms with Crippen molar-refractivity contribution in [3.05, 3.63) is 41.3 Å². The molecule has 0 saturated heterocycles.